The molecule has 8 heteroatoms. The second-order valence-corrected chi connectivity index (χ2v) is 9.25. The van der Waals surface area contributed by atoms with Gasteiger partial charge in [0.15, 0.2) is 11.5 Å². The van der Waals surface area contributed by atoms with Crippen molar-refractivity contribution in [2.24, 2.45) is 0 Å². The van der Waals surface area contributed by atoms with Crippen LogP contribution in [0.1, 0.15) is 59.0 Å². The van der Waals surface area contributed by atoms with Crippen molar-refractivity contribution in [3.05, 3.63) is 93.7 Å². The second-order valence-electron chi connectivity index (χ2n) is 9.25. The number of tetrazole rings is 1. The average molecular weight is 478 g/mol. The quantitative estimate of drug-likeness (QED) is 0.390. The van der Waals surface area contributed by atoms with Crippen molar-refractivity contribution in [1.29, 1.82) is 0 Å². The Morgan fingerprint density at radius 1 is 1.06 bits per heavy atom. The van der Waals surface area contributed by atoms with Crippen LogP contribution in [-0.2, 0) is 19.6 Å². The van der Waals surface area contributed by atoms with Crippen LogP contribution in [0.3, 0.4) is 0 Å². The number of H-pyrrole nitrogens is 1. The number of aryl methyl sites for hydroxylation is 3. The van der Waals surface area contributed by atoms with Crippen molar-refractivity contribution in [3.8, 4) is 5.75 Å². The van der Waals surface area contributed by atoms with Crippen LogP contribution in [0.25, 0.3) is 22.3 Å². The molecule has 0 saturated heterocycles. The second kappa shape index (κ2) is 8.71. The van der Waals surface area contributed by atoms with Gasteiger partial charge < -0.3 is 9.30 Å². The van der Waals surface area contributed by atoms with E-state index < -0.39 is 0 Å². The van der Waals surface area contributed by atoms with E-state index in [-0.39, 0.29) is 0 Å². The molecular formula is C28H27N7O. The van der Waals surface area contributed by atoms with Gasteiger partial charge in [-0.2, -0.15) is 0 Å². The number of nitrogens with one attached hydrogen (secondary N) is 1. The van der Waals surface area contributed by atoms with Gasteiger partial charge >= 0.3 is 0 Å². The van der Waals surface area contributed by atoms with Gasteiger partial charge in [-0.3, -0.25) is 0 Å². The Balaban J connectivity index is 1.48. The van der Waals surface area contributed by atoms with E-state index in [2.05, 4.69) is 69.4 Å². The maximum atomic E-state index is 6.28. The van der Waals surface area contributed by atoms with Crippen molar-refractivity contribution in [1.82, 2.24) is 35.2 Å². The smallest absolute Gasteiger partial charge is 0.175 e. The highest BCUT2D eigenvalue weighted by Gasteiger charge is 2.23. The minimum Gasteiger partial charge on any atom is -0.488 e. The maximum absolute atomic E-state index is 6.28. The molecule has 0 amide bonds. The number of pyridine rings is 1. The number of aromatic nitrogens is 7. The monoisotopic (exact) mass is 477 g/mol. The first-order chi connectivity index (χ1) is 17.5. The van der Waals surface area contributed by atoms with Crippen LogP contribution in [0.2, 0.25) is 0 Å². The molecule has 0 aliphatic carbocycles. The highest BCUT2D eigenvalue weighted by atomic mass is 16.5. The van der Waals surface area contributed by atoms with Crippen molar-refractivity contribution in [2.75, 3.05) is 0 Å². The first kappa shape index (κ1) is 22.2. The summed E-state index contributed by atoms with van der Waals surface area (Å²) in [6.45, 7) is 9.49. The summed E-state index contributed by atoms with van der Waals surface area (Å²) in [4.78, 5) is 9.75. The van der Waals surface area contributed by atoms with Gasteiger partial charge in [0.1, 0.15) is 23.7 Å². The zero-order chi connectivity index (χ0) is 24.8. The molecule has 8 nitrogen and oxygen atoms in total. The summed E-state index contributed by atoms with van der Waals surface area (Å²) < 4.78 is 8.52. The van der Waals surface area contributed by atoms with Gasteiger partial charge in [0.05, 0.1) is 6.54 Å². The first-order valence-electron chi connectivity index (χ1n) is 12.2. The van der Waals surface area contributed by atoms with E-state index in [1.54, 1.807) is 0 Å². The first-order valence-corrected chi connectivity index (χ1v) is 12.2. The van der Waals surface area contributed by atoms with Gasteiger partial charge in [-0.1, -0.05) is 37.3 Å². The standard InChI is InChI=1S/C28H27N7O/c1-5-24-30-26-16(2)12-17(3)29-28(26)35(24)14-19-10-11-21-20(13-19)15-36-23-9-7-6-8-22(23)25(21)18(4)27-31-33-34-32-27/h6-13H,5,14-15H2,1-4H3,(H,31,32,33,34)/b25-18-. The molecule has 6 rings (SSSR count). The van der Waals surface area contributed by atoms with Gasteiger partial charge in [0, 0.05) is 23.3 Å². The maximum Gasteiger partial charge on any atom is 0.175 e. The molecule has 0 fully saturated rings. The fraction of sp³-hybridized carbons (Fsp3) is 0.250. The largest absolute Gasteiger partial charge is 0.488 e. The number of allylic oxidation sites excluding steroid dienone is 1. The summed E-state index contributed by atoms with van der Waals surface area (Å²) >= 11 is 0. The molecule has 1 aliphatic heterocycles. The summed E-state index contributed by atoms with van der Waals surface area (Å²) in [7, 11) is 0. The van der Waals surface area contributed by atoms with Crippen LogP contribution >= 0.6 is 0 Å². The van der Waals surface area contributed by atoms with Crippen molar-refractivity contribution < 1.29 is 4.74 Å². The molecule has 3 aromatic heterocycles. The van der Waals surface area contributed by atoms with Crippen LogP contribution in [-0.4, -0.2) is 35.2 Å². The van der Waals surface area contributed by atoms with Gasteiger partial charge in [-0.15, -0.1) is 5.10 Å². The lowest BCUT2D eigenvalue weighted by atomic mass is 9.89. The van der Waals surface area contributed by atoms with Gasteiger partial charge in [0.25, 0.3) is 0 Å². The third-order valence-electron chi connectivity index (χ3n) is 6.81. The minimum atomic E-state index is 0.480. The number of para-hydroxylation sites is 1. The van der Waals surface area contributed by atoms with E-state index >= 15 is 0 Å². The number of fused-ring (bicyclic) bond motifs is 3. The third kappa shape index (κ3) is 3.66. The molecule has 1 N–H and O–H groups in total. The highest BCUT2D eigenvalue weighted by molar-refractivity contribution is 5.99. The zero-order valence-corrected chi connectivity index (χ0v) is 20.8. The van der Waals surface area contributed by atoms with Crippen LogP contribution in [0.15, 0.2) is 48.5 Å². The Kier molecular flexibility index (Phi) is 5.36. The van der Waals surface area contributed by atoms with Gasteiger partial charge in [-0.25, -0.2) is 15.1 Å². The van der Waals surface area contributed by atoms with E-state index in [0.29, 0.717) is 19.0 Å². The molecule has 0 bridgehead atoms. The SMILES string of the molecule is CCc1nc2c(C)cc(C)nc2n1Cc1ccc2c(c1)COc1ccccc1/C2=C(/C)c1nnn[nH]1. The number of hydrogen-bond acceptors (Lipinski definition) is 6. The lowest BCUT2D eigenvalue weighted by Crippen LogP contribution is -2.07. The topological polar surface area (TPSA) is 94.4 Å². The predicted molar refractivity (Wildman–Crippen MR) is 138 cm³/mol. The van der Waals surface area contributed by atoms with Crippen LogP contribution in [0, 0.1) is 13.8 Å². The van der Waals surface area contributed by atoms with E-state index in [4.69, 9.17) is 14.7 Å². The molecule has 180 valence electrons. The molecule has 0 radical (unpaired) electrons. The predicted octanol–water partition coefficient (Wildman–Crippen LogP) is 5.04. The zero-order valence-electron chi connectivity index (χ0n) is 20.8. The van der Waals surface area contributed by atoms with E-state index in [0.717, 1.165) is 68.3 Å². The molecule has 4 heterocycles. The lowest BCUT2D eigenvalue weighted by Gasteiger charge is -2.15. The summed E-state index contributed by atoms with van der Waals surface area (Å²) in [5.41, 5.74) is 10.6. The van der Waals surface area contributed by atoms with Crippen LogP contribution in [0.5, 0.6) is 5.75 Å². The Bertz CT molecular complexity index is 1630. The normalized spacial score (nSPS) is 14.2. The summed E-state index contributed by atoms with van der Waals surface area (Å²) in [6, 6.07) is 16.8. The van der Waals surface area contributed by atoms with Crippen LogP contribution < -0.4 is 4.74 Å². The van der Waals surface area contributed by atoms with E-state index in [1.807, 2.05) is 32.0 Å². The highest BCUT2D eigenvalue weighted by Crippen LogP contribution is 2.40. The minimum absolute atomic E-state index is 0.480. The third-order valence-corrected chi connectivity index (χ3v) is 6.81. The number of imidazole rings is 1. The average Bonchev–Trinajstić information content (AvgIpc) is 3.50. The summed E-state index contributed by atoms with van der Waals surface area (Å²) in [5, 5.41) is 14.6. The molecule has 0 saturated carbocycles. The summed E-state index contributed by atoms with van der Waals surface area (Å²) in [5.74, 6) is 2.53. The molecule has 0 spiro atoms. The Morgan fingerprint density at radius 3 is 2.72 bits per heavy atom. The molecule has 36 heavy (non-hydrogen) atoms. The van der Waals surface area contributed by atoms with Gasteiger partial charge in [-0.05, 0) is 77.2 Å². The molecular weight excluding hydrogens is 450 g/mol. The lowest BCUT2D eigenvalue weighted by molar-refractivity contribution is 0.307. The number of hydrogen-bond donors (Lipinski definition) is 1. The number of rotatable bonds is 4. The van der Waals surface area contributed by atoms with E-state index in [1.165, 1.54) is 5.56 Å². The van der Waals surface area contributed by atoms with Crippen molar-refractivity contribution >= 4 is 22.3 Å². The van der Waals surface area contributed by atoms with Crippen molar-refractivity contribution in [2.45, 2.75) is 47.3 Å². The Morgan fingerprint density at radius 2 is 1.92 bits per heavy atom. The molecule has 0 unspecified atom stereocenters. The fourth-order valence-electron chi connectivity index (χ4n) is 5.12. The number of benzene rings is 2. The number of aromatic amines is 1. The van der Waals surface area contributed by atoms with Crippen molar-refractivity contribution in [3.63, 3.8) is 0 Å². The molecule has 1 aliphatic rings. The fourth-order valence-corrected chi connectivity index (χ4v) is 5.12. The number of nitrogens with zero attached hydrogens (tertiary/aromatic N) is 6. The number of ether oxygens (including phenoxy) is 1. The van der Waals surface area contributed by atoms with Gasteiger partial charge in [0.2, 0.25) is 0 Å². The van der Waals surface area contributed by atoms with E-state index in [9.17, 15) is 0 Å². The summed E-state index contributed by atoms with van der Waals surface area (Å²) in [6.07, 6.45) is 0.843. The Labute approximate surface area is 209 Å². The Hall–Kier alpha value is -4.33. The van der Waals surface area contributed by atoms with Crippen LogP contribution in [0.4, 0.5) is 0 Å². The molecule has 0 atom stereocenters. The molecule has 5 aromatic rings. The molecule has 2 aromatic carbocycles.